The van der Waals surface area contributed by atoms with E-state index in [-0.39, 0.29) is 11.3 Å². The first-order chi connectivity index (χ1) is 15.2. The summed E-state index contributed by atoms with van der Waals surface area (Å²) in [5, 5.41) is 1.42. The topological polar surface area (TPSA) is 90.1 Å². The Morgan fingerprint density at radius 2 is 1.87 bits per heavy atom. The number of carbonyl (C=O) groups excluding carboxylic acids is 1. The molecule has 0 aliphatic carbocycles. The van der Waals surface area contributed by atoms with Crippen molar-refractivity contribution in [2.75, 3.05) is 7.11 Å². The molecular weight excluding hydrogens is 414 g/mol. The molecule has 2 aromatic carbocycles. The Bertz CT molecular complexity index is 1470. The van der Waals surface area contributed by atoms with Crippen molar-refractivity contribution >= 4 is 39.7 Å². The molecule has 0 saturated heterocycles. The highest BCUT2D eigenvalue weighted by molar-refractivity contribution is 7.98. The van der Waals surface area contributed by atoms with Crippen molar-refractivity contribution in [3.05, 3.63) is 88.6 Å². The number of nitrogens with one attached hydrogen (secondary N) is 1. The lowest BCUT2D eigenvalue weighted by atomic mass is 10.2. The number of benzene rings is 2. The maximum absolute atomic E-state index is 13.5. The van der Waals surface area contributed by atoms with Crippen LogP contribution in [-0.2, 0) is 10.5 Å². The molecule has 0 aliphatic rings. The van der Waals surface area contributed by atoms with Gasteiger partial charge in [-0.1, -0.05) is 48.2 Å². The van der Waals surface area contributed by atoms with Crippen molar-refractivity contribution in [3.63, 3.8) is 0 Å². The van der Waals surface area contributed by atoms with Gasteiger partial charge in [0.1, 0.15) is 16.8 Å². The van der Waals surface area contributed by atoms with Crippen LogP contribution in [-0.4, -0.2) is 27.6 Å². The lowest BCUT2D eigenvalue weighted by Gasteiger charge is -2.11. The van der Waals surface area contributed by atoms with Gasteiger partial charge in [0.15, 0.2) is 5.16 Å². The number of furan rings is 1. The van der Waals surface area contributed by atoms with Gasteiger partial charge in [-0.05, 0) is 30.3 Å². The van der Waals surface area contributed by atoms with E-state index < -0.39 is 5.97 Å². The predicted octanol–water partition coefficient (Wildman–Crippen LogP) is 4.54. The molecule has 0 atom stereocenters. The summed E-state index contributed by atoms with van der Waals surface area (Å²) in [4.78, 5) is 33.1. The van der Waals surface area contributed by atoms with Crippen LogP contribution in [0.3, 0.4) is 0 Å². The number of esters is 1. The summed E-state index contributed by atoms with van der Waals surface area (Å²) < 4.78 is 11.8. The van der Waals surface area contributed by atoms with Crippen LogP contribution in [0.25, 0.3) is 27.6 Å². The van der Waals surface area contributed by atoms with E-state index in [4.69, 9.17) is 9.40 Å². The van der Waals surface area contributed by atoms with Gasteiger partial charge in [-0.25, -0.2) is 9.78 Å². The van der Waals surface area contributed by atoms with Crippen LogP contribution in [0.4, 0.5) is 0 Å². The number of para-hydroxylation sites is 2. The third-order valence-electron chi connectivity index (χ3n) is 4.90. The molecule has 7 nitrogen and oxygen atoms in total. The lowest BCUT2D eigenvalue weighted by Crippen LogP contribution is -2.21. The van der Waals surface area contributed by atoms with Crippen LogP contribution in [0.5, 0.6) is 0 Å². The molecule has 3 heterocycles. The van der Waals surface area contributed by atoms with Gasteiger partial charge in [0, 0.05) is 10.9 Å². The fourth-order valence-corrected chi connectivity index (χ4v) is 4.35. The van der Waals surface area contributed by atoms with E-state index in [1.54, 1.807) is 16.7 Å². The van der Waals surface area contributed by atoms with Crippen molar-refractivity contribution in [2.45, 2.75) is 10.9 Å². The van der Waals surface area contributed by atoms with Gasteiger partial charge in [0.2, 0.25) is 5.76 Å². The fraction of sp³-hybridized carbons (Fsp3) is 0.0870. The molecule has 8 heteroatoms. The first-order valence-corrected chi connectivity index (χ1v) is 10.5. The summed E-state index contributed by atoms with van der Waals surface area (Å²) in [5.41, 5.74) is 2.49. The molecule has 0 radical (unpaired) electrons. The summed E-state index contributed by atoms with van der Waals surface area (Å²) in [6, 6.07) is 20.4. The van der Waals surface area contributed by atoms with Crippen LogP contribution < -0.4 is 5.56 Å². The van der Waals surface area contributed by atoms with Crippen LogP contribution in [0.1, 0.15) is 16.3 Å². The largest absolute Gasteiger partial charge is 0.463 e. The first-order valence-electron chi connectivity index (χ1n) is 9.54. The summed E-state index contributed by atoms with van der Waals surface area (Å²) in [6.07, 6.45) is 0. The quantitative estimate of drug-likeness (QED) is 0.250. The second-order valence-electron chi connectivity index (χ2n) is 6.81. The molecule has 0 spiro atoms. The highest BCUT2D eigenvalue weighted by Gasteiger charge is 2.18. The van der Waals surface area contributed by atoms with Crippen LogP contribution in [0.2, 0.25) is 0 Å². The van der Waals surface area contributed by atoms with E-state index in [0.29, 0.717) is 27.7 Å². The van der Waals surface area contributed by atoms with Gasteiger partial charge in [0.05, 0.1) is 18.6 Å². The van der Waals surface area contributed by atoms with E-state index in [1.807, 2.05) is 54.6 Å². The summed E-state index contributed by atoms with van der Waals surface area (Å²) in [5.74, 6) is 0.581. The number of thioether (sulfide) groups is 1. The van der Waals surface area contributed by atoms with Gasteiger partial charge in [-0.2, -0.15) is 0 Å². The van der Waals surface area contributed by atoms with Crippen molar-refractivity contribution < 1.29 is 13.9 Å². The summed E-state index contributed by atoms with van der Waals surface area (Å²) in [6.45, 7) is 0. The molecule has 5 rings (SSSR count). The Labute approximate surface area is 180 Å². The maximum atomic E-state index is 13.5. The Morgan fingerprint density at radius 1 is 1.10 bits per heavy atom. The average molecular weight is 431 g/mol. The lowest BCUT2D eigenvalue weighted by molar-refractivity contribution is 0.0563. The minimum absolute atomic E-state index is 0.138. The molecule has 0 amide bonds. The Kier molecular flexibility index (Phi) is 4.83. The molecular formula is C23H17N3O4S. The number of nitrogens with zero attached hydrogens (tertiary/aromatic N) is 2. The Balaban J connectivity index is 1.63. The number of hydrogen-bond donors (Lipinski definition) is 1. The van der Waals surface area contributed by atoms with Crippen molar-refractivity contribution in [3.8, 4) is 5.69 Å². The molecule has 1 N–H and O–H groups in total. The molecule has 5 aromatic rings. The van der Waals surface area contributed by atoms with Gasteiger partial charge >= 0.3 is 5.97 Å². The predicted molar refractivity (Wildman–Crippen MR) is 119 cm³/mol. The van der Waals surface area contributed by atoms with Gasteiger partial charge in [-0.3, -0.25) is 9.36 Å². The molecule has 0 saturated carbocycles. The highest BCUT2D eigenvalue weighted by Crippen LogP contribution is 2.28. The van der Waals surface area contributed by atoms with Gasteiger partial charge in [-0.15, -0.1) is 0 Å². The Hall–Kier alpha value is -3.78. The van der Waals surface area contributed by atoms with E-state index in [2.05, 4.69) is 9.72 Å². The van der Waals surface area contributed by atoms with E-state index in [1.165, 1.54) is 18.9 Å². The zero-order valence-electron chi connectivity index (χ0n) is 16.5. The molecule has 0 aliphatic heterocycles. The van der Waals surface area contributed by atoms with Crippen LogP contribution >= 0.6 is 11.8 Å². The number of rotatable bonds is 5. The minimum atomic E-state index is -0.532. The number of ether oxygens (including phenoxy) is 1. The first kappa shape index (κ1) is 19.2. The van der Waals surface area contributed by atoms with Crippen LogP contribution in [0, 0.1) is 0 Å². The Morgan fingerprint density at radius 3 is 2.68 bits per heavy atom. The average Bonchev–Trinajstić information content (AvgIpc) is 3.43. The van der Waals surface area contributed by atoms with Crippen molar-refractivity contribution in [1.29, 1.82) is 0 Å². The summed E-state index contributed by atoms with van der Waals surface area (Å²) >= 11 is 1.36. The smallest absolute Gasteiger partial charge is 0.373 e. The number of aromatic nitrogens is 3. The normalized spacial score (nSPS) is 11.3. The molecule has 154 valence electrons. The van der Waals surface area contributed by atoms with Crippen molar-refractivity contribution in [1.82, 2.24) is 14.5 Å². The monoisotopic (exact) mass is 431 g/mol. The third-order valence-corrected chi connectivity index (χ3v) is 5.86. The molecule has 31 heavy (non-hydrogen) atoms. The number of carbonyl (C=O) groups is 1. The van der Waals surface area contributed by atoms with E-state index in [9.17, 15) is 9.59 Å². The van der Waals surface area contributed by atoms with E-state index >= 15 is 0 Å². The zero-order valence-corrected chi connectivity index (χ0v) is 17.3. The van der Waals surface area contributed by atoms with Gasteiger partial charge in [0.25, 0.3) is 5.56 Å². The SMILES string of the molecule is COC(=O)c1ccc(CSc2nc3c([nH]c4ccccc43)c(=O)n2-c2ccccc2)o1. The number of methoxy groups -OCH3 is 1. The number of aromatic amines is 1. The fourth-order valence-electron chi connectivity index (χ4n) is 3.45. The third kappa shape index (κ3) is 3.40. The zero-order chi connectivity index (χ0) is 21.4. The summed E-state index contributed by atoms with van der Waals surface area (Å²) in [7, 11) is 1.30. The minimum Gasteiger partial charge on any atom is -0.463 e. The molecule has 3 aromatic heterocycles. The second kappa shape index (κ2) is 7.81. The highest BCUT2D eigenvalue weighted by atomic mass is 32.2. The van der Waals surface area contributed by atoms with Crippen molar-refractivity contribution in [2.24, 2.45) is 0 Å². The molecule has 0 unspecified atom stereocenters. The molecule has 0 bridgehead atoms. The number of H-pyrrole nitrogens is 1. The van der Waals surface area contributed by atoms with Crippen LogP contribution in [0.15, 0.2) is 81.1 Å². The second-order valence-corrected chi connectivity index (χ2v) is 7.75. The molecule has 0 fully saturated rings. The standard InChI is InChI=1S/C23H17N3O4S/c1-29-22(28)18-12-11-15(30-18)13-31-23-25-19-16-9-5-6-10-17(16)24-20(19)21(27)26(23)14-7-3-2-4-8-14/h2-12,24H,13H2,1H3. The number of fused-ring (bicyclic) bond motifs is 3. The number of hydrogen-bond acceptors (Lipinski definition) is 6. The maximum Gasteiger partial charge on any atom is 0.373 e. The van der Waals surface area contributed by atoms with Gasteiger partial charge < -0.3 is 14.1 Å². The van der Waals surface area contributed by atoms with E-state index in [0.717, 1.165) is 16.6 Å².